The molecule has 0 amide bonds. The predicted octanol–water partition coefficient (Wildman–Crippen LogP) is 5.11. The standard InChI is InChI=1S/C18H28O2S/c1-4-7-8-10-16(9-5-2)17-11-13-18(14-12-17)21(19,20)15-6-3/h7-8,11-14,16H,4-6,9-10,15H2,1-3H3/b8-7-. The monoisotopic (exact) mass is 308 g/mol. The molecule has 0 aliphatic carbocycles. The molecular weight excluding hydrogens is 280 g/mol. The fraction of sp³-hybridized carbons (Fsp3) is 0.556. The summed E-state index contributed by atoms with van der Waals surface area (Å²) in [6, 6.07) is 7.52. The van der Waals surface area contributed by atoms with Crippen LogP contribution >= 0.6 is 0 Å². The van der Waals surface area contributed by atoms with E-state index in [1.807, 2.05) is 19.1 Å². The van der Waals surface area contributed by atoms with Crippen LogP contribution in [0.2, 0.25) is 0 Å². The Labute approximate surface area is 130 Å². The summed E-state index contributed by atoms with van der Waals surface area (Å²) in [4.78, 5) is 0.451. The van der Waals surface area contributed by atoms with E-state index in [1.54, 1.807) is 12.1 Å². The van der Waals surface area contributed by atoms with Crippen LogP contribution in [0.1, 0.15) is 64.4 Å². The molecule has 0 fully saturated rings. The number of hydrogen-bond acceptors (Lipinski definition) is 2. The highest BCUT2D eigenvalue weighted by molar-refractivity contribution is 7.91. The van der Waals surface area contributed by atoms with Crippen LogP contribution in [0, 0.1) is 0 Å². The fourth-order valence-electron chi connectivity index (χ4n) is 2.53. The molecule has 1 rings (SSSR count). The van der Waals surface area contributed by atoms with Crippen molar-refractivity contribution in [3.8, 4) is 0 Å². The zero-order valence-electron chi connectivity index (χ0n) is 13.5. The second-order valence-electron chi connectivity index (χ2n) is 5.49. The highest BCUT2D eigenvalue weighted by Crippen LogP contribution is 2.27. The van der Waals surface area contributed by atoms with Crippen LogP contribution in [-0.2, 0) is 9.84 Å². The molecule has 0 saturated carbocycles. The lowest BCUT2D eigenvalue weighted by molar-refractivity contribution is 0.594. The molecule has 2 nitrogen and oxygen atoms in total. The van der Waals surface area contributed by atoms with Gasteiger partial charge in [0.2, 0.25) is 0 Å². The summed E-state index contributed by atoms with van der Waals surface area (Å²) in [5.41, 5.74) is 1.24. The Hall–Kier alpha value is -1.09. The smallest absolute Gasteiger partial charge is 0.178 e. The van der Waals surface area contributed by atoms with Gasteiger partial charge in [-0.2, -0.15) is 0 Å². The minimum atomic E-state index is -3.10. The zero-order valence-corrected chi connectivity index (χ0v) is 14.3. The average molecular weight is 308 g/mol. The number of benzene rings is 1. The highest BCUT2D eigenvalue weighted by atomic mass is 32.2. The van der Waals surface area contributed by atoms with E-state index in [9.17, 15) is 8.42 Å². The third-order valence-corrected chi connectivity index (χ3v) is 5.58. The fourth-order valence-corrected chi connectivity index (χ4v) is 3.85. The van der Waals surface area contributed by atoms with Gasteiger partial charge < -0.3 is 0 Å². The molecule has 0 N–H and O–H groups in total. The number of allylic oxidation sites excluding steroid dienone is 2. The van der Waals surface area contributed by atoms with E-state index in [0.29, 0.717) is 17.2 Å². The molecule has 0 aliphatic heterocycles. The van der Waals surface area contributed by atoms with Crippen molar-refractivity contribution in [3.63, 3.8) is 0 Å². The lowest BCUT2D eigenvalue weighted by Gasteiger charge is -2.15. The van der Waals surface area contributed by atoms with Crippen molar-refractivity contribution in [1.82, 2.24) is 0 Å². The van der Waals surface area contributed by atoms with Crippen molar-refractivity contribution in [2.24, 2.45) is 0 Å². The summed E-state index contributed by atoms with van der Waals surface area (Å²) in [5.74, 6) is 0.713. The van der Waals surface area contributed by atoms with Crippen LogP contribution in [-0.4, -0.2) is 14.2 Å². The van der Waals surface area contributed by atoms with Crippen LogP contribution in [0.3, 0.4) is 0 Å². The molecular formula is C18H28O2S. The second-order valence-corrected chi connectivity index (χ2v) is 7.60. The van der Waals surface area contributed by atoms with Crippen LogP contribution in [0.5, 0.6) is 0 Å². The van der Waals surface area contributed by atoms with Gasteiger partial charge in [0.15, 0.2) is 9.84 Å². The molecule has 0 radical (unpaired) electrons. The van der Waals surface area contributed by atoms with Crippen molar-refractivity contribution in [2.45, 2.75) is 63.7 Å². The van der Waals surface area contributed by atoms with Gasteiger partial charge in [-0.25, -0.2) is 8.42 Å². The van der Waals surface area contributed by atoms with Gasteiger partial charge in [-0.1, -0.05) is 51.5 Å². The van der Waals surface area contributed by atoms with Crippen molar-refractivity contribution in [3.05, 3.63) is 42.0 Å². The number of hydrogen-bond donors (Lipinski definition) is 0. The van der Waals surface area contributed by atoms with Crippen LogP contribution in [0.4, 0.5) is 0 Å². The van der Waals surface area contributed by atoms with Gasteiger partial charge in [-0.05, 0) is 49.3 Å². The van der Waals surface area contributed by atoms with Crippen molar-refractivity contribution < 1.29 is 8.42 Å². The lowest BCUT2D eigenvalue weighted by atomic mass is 9.91. The Kier molecular flexibility index (Phi) is 7.73. The average Bonchev–Trinajstić information content (AvgIpc) is 2.47. The van der Waals surface area contributed by atoms with Gasteiger partial charge in [0.1, 0.15) is 0 Å². The summed E-state index contributed by atoms with van der Waals surface area (Å²) >= 11 is 0. The van der Waals surface area contributed by atoms with E-state index in [2.05, 4.69) is 26.0 Å². The highest BCUT2D eigenvalue weighted by Gasteiger charge is 2.14. The van der Waals surface area contributed by atoms with E-state index in [4.69, 9.17) is 0 Å². The largest absolute Gasteiger partial charge is 0.224 e. The molecule has 0 saturated heterocycles. The third-order valence-electron chi connectivity index (χ3n) is 3.64. The predicted molar refractivity (Wildman–Crippen MR) is 90.5 cm³/mol. The maximum atomic E-state index is 12.0. The maximum Gasteiger partial charge on any atom is 0.178 e. The summed E-state index contributed by atoms with van der Waals surface area (Å²) in [6.07, 6.45) is 9.46. The minimum absolute atomic E-state index is 0.226. The Morgan fingerprint density at radius 1 is 1.00 bits per heavy atom. The molecule has 0 bridgehead atoms. The van der Waals surface area contributed by atoms with Gasteiger partial charge in [-0.15, -0.1) is 0 Å². The molecule has 118 valence electrons. The first-order valence-corrected chi connectivity index (χ1v) is 9.68. The van der Waals surface area contributed by atoms with Crippen molar-refractivity contribution in [1.29, 1.82) is 0 Å². The maximum absolute atomic E-state index is 12.0. The van der Waals surface area contributed by atoms with E-state index in [1.165, 1.54) is 5.56 Å². The SMILES string of the molecule is CC/C=C\CC(CCC)c1ccc(S(=O)(=O)CCC)cc1. The van der Waals surface area contributed by atoms with E-state index in [-0.39, 0.29) is 5.75 Å². The second kappa shape index (κ2) is 9.04. The summed E-state index contributed by atoms with van der Waals surface area (Å²) in [6.45, 7) is 6.22. The molecule has 0 spiro atoms. The molecule has 0 aliphatic rings. The Bertz CT molecular complexity index is 527. The lowest BCUT2D eigenvalue weighted by Crippen LogP contribution is -2.06. The van der Waals surface area contributed by atoms with Gasteiger partial charge in [0, 0.05) is 0 Å². The topological polar surface area (TPSA) is 34.1 Å². The first-order chi connectivity index (χ1) is 10.0. The quantitative estimate of drug-likeness (QED) is 0.594. The molecule has 21 heavy (non-hydrogen) atoms. The Morgan fingerprint density at radius 3 is 2.19 bits per heavy atom. The van der Waals surface area contributed by atoms with Gasteiger partial charge >= 0.3 is 0 Å². The zero-order chi connectivity index (χ0) is 15.7. The first kappa shape index (κ1) is 18.0. The van der Waals surface area contributed by atoms with Crippen molar-refractivity contribution in [2.75, 3.05) is 5.75 Å². The molecule has 1 unspecified atom stereocenters. The molecule has 1 aromatic rings. The minimum Gasteiger partial charge on any atom is -0.224 e. The molecule has 0 heterocycles. The van der Waals surface area contributed by atoms with Gasteiger partial charge in [-0.3, -0.25) is 0 Å². The first-order valence-electron chi connectivity index (χ1n) is 8.02. The molecule has 3 heteroatoms. The number of sulfone groups is 1. The Morgan fingerprint density at radius 2 is 1.67 bits per heavy atom. The summed E-state index contributed by atoms with van der Waals surface area (Å²) in [5, 5.41) is 0. The van der Waals surface area contributed by atoms with Gasteiger partial charge in [0.05, 0.1) is 10.6 Å². The Balaban J connectivity index is 2.89. The van der Waals surface area contributed by atoms with Crippen LogP contribution in [0.15, 0.2) is 41.3 Å². The molecule has 0 aromatic heterocycles. The molecule has 1 atom stereocenters. The summed E-state index contributed by atoms with van der Waals surface area (Å²) < 4.78 is 24.1. The normalized spacial score (nSPS) is 13.7. The third kappa shape index (κ3) is 5.66. The van der Waals surface area contributed by atoms with Gasteiger partial charge in [0.25, 0.3) is 0 Å². The van der Waals surface area contributed by atoms with Crippen LogP contribution in [0.25, 0.3) is 0 Å². The van der Waals surface area contributed by atoms with E-state index < -0.39 is 9.84 Å². The van der Waals surface area contributed by atoms with Crippen molar-refractivity contribution >= 4 is 9.84 Å². The number of rotatable bonds is 9. The molecule has 1 aromatic carbocycles. The van der Waals surface area contributed by atoms with Crippen LogP contribution < -0.4 is 0 Å². The summed E-state index contributed by atoms with van der Waals surface area (Å²) in [7, 11) is -3.10. The van der Waals surface area contributed by atoms with E-state index in [0.717, 1.165) is 25.7 Å². The van der Waals surface area contributed by atoms with E-state index >= 15 is 0 Å².